The van der Waals surface area contributed by atoms with Crippen LogP contribution >= 0.6 is 23.7 Å². The number of nitrogens with one attached hydrogen (secondary N) is 3. The molecule has 2 aliphatic heterocycles. The number of benzene rings is 1. The third-order valence-electron chi connectivity index (χ3n) is 5.04. The molecule has 1 aromatic heterocycles. The number of rotatable bonds is 3. The van der Waals surface area contributed by atoms with Crippen LogP contribution in [0.1, 0.15) is 23.3 Å². The van der Waals surface area contributed by atoms with Gasteiger partial charge in [-0.1, -0.05) is 18.2 Å². The summed E-state index contributed by atoms with van der Waals surface area (Å²) >= 11 is 1.85. The van der Waals surface area contributed by atoms with E-state index < -0.39 is 0 Å². The van der Waals surface area contributed by atoms with E-state index in [2.05, 4.69) is 40.2 Å². The minimum Gasteiger partial charge on any atom is -0.354 e. The highest BCUT2D eigenvalue weighted by atomic mass is 35.5. The highest BCUT2D eigenvalue weighted by Gasteiger charge is 2.27. The quantitative estimate of drug-likeness (QED) is 0.783. The first-order chi connectivity index (χ1) is 11.3. The lowest BCUT2D eigenvalue weighted by Crippen LogP contribution is -2.48. The number of halogens is 1. The zero-order valence-electron chi connectivity index (χ0n) is 13.6. The van der Waals surface area contributed by atoms with Crippen molar-refractivity contribution in [3.63, 3.8) is 0 Å². The molecular formula is C18H24ClN3OS. The number of amides is 1. The van der Waals surface area contributed by atoms with Crippen molar-refractivity contribution in [1.29, 1.82) is 0 Å². The SMILES string of the molecule is Cl.O=C(NCC1CCNCC1)[C@H]1Cc2c(sc3ccccc23)CN1. The van der Waals surface area contributed by atoms with E-state index in [-0.39, 0.29) is 24.4 Å². The summed E-state index contributed by atoms with van der Waals surface area (Å²) in [6, 6.07) is 8.43. The molecule has 0 aliphatic carbocycles. The van der Waals surface area contributed by atoms with Gasteiger partial charge in [0.15, 0.2) is 0 Å². The fraction of sp³-hybridized carbons (Fsp3) is 0.500. The number of hydrogen-bond acceptors (Lipinski definition) is 4. The largest absolute Gasteiger partial charge is 0.354 e. The summed E-state index contributed by atoms with van der Waals surface area (Å²) in [4.78, 5) is 13.9. The molecule has 1 amide bonds. The summed E-state index contributed by atoms with van der Waals surface area (Å²) in [6.07, 6.45) is 3.13. The van der Waals surface area contributed by atoms with Crippen LogP contribution in [0.5, 0.6) is 0 Å². The van der Waals surface area contributed by atoms with Gasteiger partial charge in [0.2, 0.25) is 5.91 Å². The van der Waals surface area contributed by atoms with Crippen LogP contribution in [-0.2, 0) is 17.8 Å². The second-order valence-corrected chi connectivity index (χ2v) is 7.71. The highest BCUT2D eigenvalue weighted by Crippen LogP contribution is 2.34. The van der Waals surface area contributed by atoms with Crippen LogP contribution in [0, 0.1) is 5.92 Å². The van der Waals surface area contributed by atoms with Crippen molar-refractivity contribution in [1.82, 2.24) is 16.0 Å². The first-order valence-electron chi connectivity index (χ1n) is 8.52. The Morgan fingerprint density at radius 2 is 2.04 bits per heavy atom. The van der Waals surface area contributed by atoms with Crippen LogP contribution in [0.2, 0.25) is 0 Å². The average Bonchev–Trinajstić information content (AvgIpc) is 2.98. The van der Waals surface area contributed by atoms with Gasteiger partial charge < -0.3 is 16.0 Å². The van der Waals surface area contributed by atoms with Crippen LogP contribution in [-0.4, -0.2) is 31.6 Å². The molecule has 3 heterocycles. The Labute approximate surface area is 152 Å². The smallest absolute Gasteiger partial charge is 0.237 e. The van der Waals surface area contributed by atoms with Crippen LogP contribution in [0.3, 0.4) is 0 Å². The Morgan fingerprint density at radius 1 is 1.25 bits per heavy atom. The predicted octanol–water partition coefficient (Wildman–Crippen LogP) is 2.45. The maximum atomic E-state index is 12.5. The van der Waals surface area contributed by atoms with E-state index in [0.29, 0.717) is 5.92 Å². The number of carbonyl (C=O) groups excluding carboxylic acids is 1. The number of thiophene rings is 1. The van der Waals surface area contributed by atoms with Gasteiger partial charge in [-0.05, 0) is 55.3 Å². The molecule has 1 aromatic carbocycles. The molecule has 130 valence electrons. The van der Waals surface area contributed by atoms with Crippen molar-refractivity contribution in [3.8, 4) is 0 Å². The van der Waals surface area contributed by atoms with E-state index in [1.165, 1.54) is 20.5 Å². The maximum absolute atomic E-state index is 12.5. The minimum atomic E-state index is -0.0952. The molecular weight excluding hydrogens is 342 g/mol. The molecule has 0 saturated carbocycles. The molecule has 0 spiro atoms. The van der Waals surface area contributed by atoms with Crippen molar-refractivity contribution in [2.75, 3.05) is 19.6 Å². The third-order valence-corrected chi connectivity index (χ3v) is 6.25. The molecule has 6 heteroatoms. The van der Waals surface area contributed by atoms with Gasteiger partial charge in [0, 0.05) is 22.7 Å². The highest BCUT2D eigenvalue weighted by molar-refractivity contribution is 7.19. The Kier molecular flexibility index (Phi) is 5.76. The first-order valence-corrected chi connectivity index (χ1v) is 9.34. The number of hydrogen-bond donors (Lipinski definition) is 3. The minimum absolute atomic E-state index is 0. The molecule has 0 radical (unpaired) electrons. The van der Waals surface area contributed by atoms with Gasteiger partial charge in [0.05, 0.1) is 6.04 Å². The van der Waals surface area contributed by atoms with Crippen LogP contribution < -0.4 is 16.0 Å². The topological polar surface area (TPSA) is 53.2 Å². The van der Waals surface area contributed by atoms with Gasteiger partial charge in [-0.3, -0.25) is 4.79 Å². The van der Waals surface area contributed by atoms with Gasteiger partial charge in [0.1, 0.15) is 0 Å². The Hall–Kier alpha value is -1.14. The van der Waals surface area contributed by atoms with Crippen LogP contribution in [0.25, 0.3) is 10.1 Å². The Balaban J connectivity index is 0.00000169. The standard InChI is InChI=1S/C18H23N3OS.ClH/c22-18(21-10-12-5-7-19-8-6-12)15-9-14-13-3-1-2-4-16(13)23-17(14)11-20-15;/h1-4,12,15,19-20H,5-11H2,(H,21,22);1H/t15-;/m1./s1. The van der Waals surface area contributed by atoms with Gasteiger partial charge in [-0.25, -0.2) is 0 Å². The number of piperidine rings is 1. The number of fused-ring (bicyclic) bond motifs is 3. The summed E-state index contributed by atoms with van der Waals surface area (Å²) < 4.78 is 1.33. The van der Waals surface area contributed by atoms with E-state index in [4.69, 9.17) is 0 Å². The van der Waals surface area contributed by atoms with Crippen LogP contribution in [0.4, 0.5) is 0 Å². The normalized spacial score (nSPS) is 21.1. The fourth-order valence-corrected chi connectivity index (χ4v) is 4.83. The summed E-state index contributed by atoms with van der Waals surface area (Å²) in [5, 5.41) is 11.3. The zero-order chi connectivity index (χ0) is 15.6. The molecule has 1 saturated heterocycles. The number of carbonyl (C=O) groups is 1. The van der Waals surface area contributed by atoms with E-state index >= 15 is 0 Å². The van der Waals surface area contributed by atoms with Crippen molar-refractivity contribution < 1.29 is 4.79 Å². The third kappa shape index (κ3) is 3.59. The molecule has 4 rings (SSSR count). The zero-order valence-corrected chi connectivity index (χ0v) is 15.3. The molecule has 4 nitrogen and oxygen atoms in total. The van der Waals surface area contributed by atoms with Crippen molar-refractivity contribution >= 4 is 39.7 Å². The monoisotopic (exact) mass is 365 g/mol. The molecule has 3 N–H and O–H groups in total. The Bertz CT molecular complexity index is 711. The average molecular weight is 366 g/mol. The summed E-state index contributed by atoms with van der Waals surface area (Å²) in [5.74, 6) is 0.783. The fourth-order valence-electron chi connectivity index (χ4n) is 3.65. The summed E-state index contributed by atoms with van der Waals surface area (Å²) in [7, 11) is 0. The molecule has 0 bridgehead atoms. The van der Waals surface area contributed by atoms with E-state index in [9.17, 15) is 4.79 Å². The lowest BCUT2D eigenvalue weighted by Gasteiger charge is -2.26. The summed E-state index contributed by atoms with van der Waals surface area (Å²) in [6.45, 7) is 3.77. The predicted molar refractivity (Wildman–Crippen MR) is 102 cm³/mol. The molecule has 1 fully saturated rings. The van der Waals surface area contributed by atoms with Gasteiger partial charge in [-0.15, -0.1) is 23.7 Å². The second kappa shape index (κ2) is 7.83. The summed E-state index contributed by atoms with van der Waals surface area (Å²) in [5.41, 5.74) is 1.37. The first kappa shape index (κ1) is 17.7. The van der Waals surface area contributed by atoms with E-state index in [1.54, 1.807) is 0 Å². The molecule has 2 aromatic rings. The molecule has 1 atom stereocenters. The van der Waals surface area contributed by atoms with Gasteiger partial charge in [0.25, 0.3) is 0 Å². The van der Waals surface area contributed by atoms with Crippen molar-refractivity contribution in [3.05, 3.63) is 34.7 Å². The van der Waals surface area contributed by atoms with Gasteiger partial charge in [-0.2, -0.15) is 0 Å². The molecule has 0 unspecified atom stereocenters. The van der Waals surface area contributed by atoms with Crippen molar-refractivity contribution in [2.45, 2.75) is 31.8 Å². The molecule has 24 heavy (non-hydrogen) atoms. The second-order valence-electron chi connectivity index (χ2n) is 6.58. The Morgan fingerprint density at radius 3 is 2.88 bits per heavy atom. The lowest BCUT2D eigenvalue weighted by atomic mass is 9.96. The lowest BCUT2D eigenvalue weighted by molar-refractivity contribution is -0.123. The maximum Gasteiger partial charge on any atom is 0.237 e. The van der Waals surface area contributed by atoms with Crippen LogP contribution in [0.15, 0.2) is 24.3 Å². The van der Waals surface area contributed by atoms with E-state index in [0.717, 1.165) is 45.4 Å². The van der Waals surface area contributed by atoms with Gasteiger partial charge >= 0.3 is 0 Å². The van der Waals surface area contributed by atoms with E-state index in [1.807, 2.05) is 11.3 Å². The van der Waals surface area contributed by atoms with Crippen molar-refractivity contribution in [2.24, 2.45) is 5.92 Å². The molecule has 2 aliphatic rings.